The summed E-state index contributed by atoms with van der Waals surface area (Å²) < 4.78 is 5.17. The molecule has 0 aromatic heterocycles. The maximum atomic E-state index is 5.17. The van der Waals surface area contributed by atoms with Gasteiger partial charge in [-0.25, -0.2) is 0 Å². The molecule has 0 aliphatic heterocycles. The van der Waals surface area contributed by atoms with E-state index < -0.39 is 0 Å². The molecule has 0 aliphatic carbocycles. The average Bonchev–Trinajstić information content (AvgIpc) is 2.20. The molecule has 0 aromatic rings. The van der Waals surface area contributed by atoms with Crippen LogP contribution in [0.15, 0.2) is 0 Å². The maximum Gasteiger partial charge on any atom is 0.0615 e. The average molecular weight is 219 g/mol. The molecule has 0 heterocycles. The molecule has 14 heavy (non-hydrogen) atoms. The van der Waals surface area contributed by atoms with Crippen molar-refractivity contribution in [1.82, 2.24) is 4.90 Å². The molecule has 0 N–H and O–H groups in total. The Balaban J connectivity index is 3.98. The highest BCUT2D eigenvalue weighted by atomic mass is 32.1. The Morgan fingerprint density at radius 1 is 1.36 bits per heavy atom. The first-order valence-electron chi connectivity index (χ1n) is 5.53. The Kier molecular flexibility index (Phi) is 8.73. The Labute approximate surface area is 94.4 Å². The molecular formula is C11H25NOS. The number of ether oxygens (including phenoxy) is 1. The van der Waals surface area contributed by atoms with Crippen LogP contribution in [0.2, 0.25) is 0 Å². The fraction of sp³-hybridized carbons (Fsp3) is 1.00. The number of likely N-dealkylation sites (N-methyl/N-ethyl adjacent to an activating group) is 1. The van der Waals surface area contributed by atoms with Crippen molar-refractivity contribution < 1.29 is 4.74 Å². The molecule has 0 amide bonds. The molecule has 86 valence electrons. The molecule has 0 radical (unpaired) electrons. The van der Waals surface area contributed by atoms with Gasteiger partial charge in [0, 0.05) is 19.7 Å². The fourth-order valence-corrected chi connectivity index (χ4v) is 1.99. The van der Waals surface area contributed by atoms with Crippen molar-refractivity contribution in [3.8, 4) is 0 Å². The smallest absolute Gasteiger partial charge is 0.0615 e. The van der Waals surface area contributed by atoms with Gasteiger partial charge >= 0.3 is 0 Å². The van der Waals surface area contributed by atoms with E-state index in [1.165, 1.54) is 6.42 Å². The topological polar surface area (TPSA) is 12.5 Å². The van der Waals surface area contributed by atoms with Crippen LogP contribution in [-0.4, -0.2) is 43.5 Å². The van der Waals surface area contributed by atoms with Gasteiger partial charge in [0.05, 0.1) is 6.61 Å². The van der Waals surface area contributed by atoms with Crippen LogP contribution in [0.4, 0.5) is 0 Å². The minimum Gasteiger partial charge on any atom is -0.383 e. The zero-order valence-electron chi connectivity index (χ0n) is 9.99. The molecule has 3 heteroatoms. The maximum absolute atomic E-state index is 5.17. The summed E-state index contributed by atoms with van der Waals surface area (Å²) in [4.78, 5) is 2.47. The van der Waals surface area contributed by atoms with E-state index in [4.69, 9.17) is 4.74 Å². The molecule has 2 nitrogen and oxygen atoms in total. The lowest BCUT2D eigenvalue weighted by molar-refractivity contribution is 0.0934. The molecule has 0 spiro atoms. The number of rotatable bonds is 8. The van der Waals surface area contributed by atoms with E-state index >= 15 is 0 Å². The van der Waals surface area contributed by atoms with Gasteiger partial charge < -0.3 is 4.74 Å². The lowest BCUT2D eigenvalue weighted by Crippen LogP contribution is -2.39. The zero-order chi connectivity index (χ0) is 11.0. The molecule has 0 rings (SSSR count). The van der Waals surface area contributed by atoms with Gasteiger partial charge in [0.2, 0.25) is 0 Å². The van der Waals surface area contributed by atoms with Gasteiger partial charge in [0.15, 0.2) is 0 Å². The predicted octanol–water partition coefficient (Wildman–Crippen LogP) is 2.30. The van der Waals surface area contributed by atoms with Crippen LogP contribution < -0.4 is 0 Å². The third-order valence-electron chi connectivity index (χ3n) is 2.77. The summed E-state index contributed by atoms with van der Waals surface area (Å²) in [5.41, 5.74) is 0. The third kappa shape index (κ3) is 5.23. The quantitative estimate of drug-likeness (QED) is 0.629. The van der Waals surface area contributed by atoms with Gasteiger partial charge in [0.25, 0.3) is 0 Å². The highest BCUT2D eigenvalue weighted by molar-refractivity contribution is 7.80. The summed E-state index contributed by atoms with van der Waals surface area (Å²) in [6.07, 6.45) is 1.21. The van der Waals surface area contributed by atoms with E-state index in [1.807, 2.05) is 0 Å². The molecule has 0 aliphatic rings. The van der Waals surface area contributed by atoms with Gasteiger partial charge in [0.1, 0.15) is 0 Å². The van der Waals surface area contributed by atoms with E-state index in [9.17, 15) is 0 Å². The summed E-state index contributed by atoms with van der Waals surface area (Å²) in [6, 6.07) is 0.513. The Morgan fingerprint density at radius 2 is 2.00 bits per heavy atom. The monoisotopic (exact) mass is 219 g/mol. The summed E-state index contributed by atoms with van der Waals surface area (Å²) in [5, 5.41) is 0. The normalized spacial score (nSPS) is 15.9. The number of nitrogens with zero attached hydrogens (tertiary/aromatic N) is 1. The highest BCUT2D eigenvalue weighted by Gasteiger charge is 2.15. The summed E-state index contributed by atoms with van der Waals surface area (Å²) in [5.74, 6) is 1.68. The summed E-state index contributed by atoms with van der Waals surface area (Å²) >= 11 is 4.37. The Morgan fingerprint density at radius 3 is 2.36 bits per heavy atom. The minimum absolute atomic E-state index is 0.513. The second-order valence-corrected chi connectivity index (χ2v) is 4.21. The van der Waals surface area contributed by atoms with Crippen LogP contribution >= 0.6 is 12.6 Å². The largest absolute Gasteiger partial charge is 0.383 e. The van der Waals surface area contributed by atoms with Crippen molar-refractivity contribution in [3.05, 3.63) is 0 Å². The van der Waals surface area contributed by atoms with Crippen molar-refractivity contribution in [2.24, 2.45) is 5.92 Å². The van der Waals surface area contributed by atoms with E-state index in [2.05, 4.69) is 38.3 Å². The fourth-order valence-electron chi connectivity index (χ4n) is 1.61. The lowest BCUT2D eigenvalue weighted by Gasteiger charge is -2.30. The van der Waals surface area contributed by atoms with Gasteiger partial charge in [-0.05, 0) is 25.1 Å². The lowest BCUT2D eigenvalue weighted by atomic mass is 10.1. The second-order valence-electron chi connectivity index (χ2n) is 3.85. The Bertz CT molecular complexity index is 128. The predicted molar refractivity (Wildman–Crippen MR) is 66.2 cm³/mol. The molecule has 0 aromatic carbocycles. The van der Waals surface area contributed by atoms with Gasteiger partial charge in [-0.1, -0.05) is 20.3 Å². The van der Waals surface area contributed by atoms with Crippen LogP contribution in [0.1, 0.15) is 27.2 Å². The molecule has 0 saturated heterocycles. The van der Waals surface area contributed by atoms with Crippen LogP contribution in [-0.2, 0) is 4.74 Å². The first kappa shape index (κ1) is 14.3. The van der Waals surface area contributed by atoms with Crippen LogP contribution in [0.25, 0.3) is 0 Å². The van der Waals surface area contributed by atoms with Crippen LogP contribution in [0.3, 0.4) is 0 Å². The number of hydrogen-bond acceptors (Lipinski definition) is 3. The molecule has 2 unspecified atom stereocenters. The van der Waals surface area contributed by atoms with Crippen molar-refractivity contribution in [2.45, 2.75) is 33.2 Å². The second kappa shape index (κ2) is 8.57. The number of methoxy groups -OCH3 is 1. The molecule has 0 saturated carbocycles. The van der Waals surface area contributed by atoms with Gasteiger partial charge in [-0.2, -0.15) is 12.6 Å². The third-order valence-corrected chi connectivity index (χ3v) is 3.28. The summed E-state index contributed by atoms with van der Waals surface area (Å²) in [6.45, 7) is 9.71. The molecular weight excluding hydrogens is 194 g/mol. The van der Waals surface area contributed by atoms with E-state index in [1.54, 1.807) is 7.11 Å². The van der Waals surface area contributed by atoms with Crippen molar-refractivity contribution in [1.29, 1.82) is 0 Å². The Hall–Kier alpha value is 0.270. The van der Waals surface area contributed by atoms with E-state index in [-0.39, 0.29) is 0 Å². The zero-order valence-corrected chi connectivity index (χ0v) is 10.9. The van der Waals surface area contributed by atoms with Crippen molar-refractivity contribution in [3.63, 3.8) is 0 Å². The molecule has 0 fully saturated rings. The SMILES string of the molecule is CCC(CS)CN(CC)C(C)COC. The number of thiol groups is 1. The van der Waals surface area contributed by atoms with Gasteiger partial charge in [-0.3, -0.25) is 4.90 Å². The molecule has 0 bridgehead atoms. The van der Waals surface area contributed by atoms with Gasteiger partial charge in [-0.15, -0.1) is 0 Å². The number of hydrogen-bond donors (Lipinski definition) is 1. The standard InChI is InChI=1S/C11H25NOS/c1-5-11(9-14)7-12(6-2)10(3)8-13-4/h10-11,14H,5-9H2,1-4H3. The highest BCUT2D eigenvalue weighted by Crippen LogP contribution is 2.10. The first-order chi connectivity index (χ1) is 6.69. The van der Waals surface area contributed by atoms with E-state index in [0.29, 0.717) is 12.0 Å². The van der Waals surface area contributed by atoms with Crippen LogP contribution in [0.5, 0.6) is 0 Å². The van der Waals surface area contributed by atoms with Crippen molar-refractivity contribution >= 4 is 12.6 Å². The summed E-state index contributed by atoms with van der Waals surface area (Å²) in [7, 11) is 1.76. The van der Waals surface area contributed by atoms with Crippen molar-refractivity contribution in [2.75, 3.05) is 32.6 Å². The molecule has 2 atom stereocenters. The van der Waals surface area contributed by atoms with E-state index in [0.717, 1.165) is 25.4 Å². The van der Waals surface area contributed by atoms with Crippen LogP contribution in [0, 0.1) is 5.92 Å². The first-order valence-corrected chi connectivity index (χ1v) is 6.16. The minimum atomic E-state index is 0.513.